The average Bonchev–Trinajstić information content (AvgIpc) is 2.85. The molecule has 3 amide bonds. The maximum Gasteiger partial charge on any atom is 0.408 e. The molecular weight excluding hydrogens is 404 g/mol. The first-order valence-electron chi connectivity index (χ1n) is 10.3. The molecule has 1 aromatic carbocycles. The Hall–Kier alpha value is -2.69. The van der Waals surface area contributed by atoms with Gasteiger partial charge in [0.05, 0.1) is 13.2 Å². The highest BCUT2D eigenvalue weighted by molar-refractivity contribution is 5.91. The maximum absolute atomic E-state index is 12.8. The second kappa shape index (κ2) is 11.6. The van der Waals surface area contributed by atoms with Gasteiger partial charge in [-0.2, -0.15) is 5.48 Å². The van der Waals surface area contributed by atoms with E-state index in [0.717, 1.165) is 5.56 Å². The number of carbonyl (C=O) groups excluding carboxylic acids is 3. The predicted molar refractivity (Wildman–Crippen MR) is 112 cm³/mol. The smallest absolute Gasteiger partial charge is 0.408 e. The number of hydrogen-bond acceptors (Lipinski definition) is 7. The van der Waals surface area contributed by atoms with Crippen molar-refractivity contribution in [2.24, 2.45) is 0 Å². The van der Waals surface area contributed by atoms with Gasteiger partial charge in [-0.15, -0.1) is 0 Å². The van der Waals surface area contributed by atoms with Crippen LogP contribution in [0, 0.1) is 0 Å². The molecule has 31 heavy (non-hydrogen) atoms. The number of benzene rings is 1. The third-order valence-electron chi connectivity index (χ3n) is 4.46. The molecule has 1 heterocycles. The van der Waals surface area contributed by atoms with Gasteiger partial charge in [-0.25, -0.2) is 9.86 Å². The zero-order chi connectivity index (χ0) is 22.9. The van der Waals surface area contributed by atoms with Crippen LogP contribution < -0.4 is 16.1 Å². The molecule has 10 nitrogen and oxygen atoms in total. The molecule has 4 N–H and O–H groups in total. The van der Waals surface area contributed by atoms with Gasteiger partial charge in [0.2, 0.25) is 5.91 Å². The summed E-state index contributed by atoms with van der Waals surface area (Å²) in [7, 11) is 0. The number of nitrogens with zero attached hydrogens (tertiary/aromatic N) is 1. The highest BCUT2D eigenvalue weighted by Crippen LogP contribution is 2.11. The van der Waals surface area contributed by atoms with E-state index >= 15 is 0 Å². The number of hydroxylamine groups is 3. The monoisotopic (exact) mass is 436 g/mol. The maximum atomic E-state index is 12.8. The van der Waals surface area contributed by atoms with Crippen molar-refractivity contribution in [1.82, 2.24) is 21.2 Å². The molecule has 10 heteroatoms. The molecule has 0 radical (unpaired) electrons. The molecule has 0 saturated carbocycles. The molecule has 172 valence electrons. The molecule has 0 aromatic heterocycles. The summed E-state index contributed by atoms with van der Waals surface area (Å²) in [4.78, 5) is 42.6. The Balaban J connectivity index is 1.96. The van der Waals surface area contributed by atoms with Crippen molar-refractivity contribution in [3.63, 3.8) is 0 Å². The summed E-state index contributed by atoms with van der Waals surface area (Å²) in [6.45, 7) is 5.57. The molecule has 0 bridgehead atoms. The Morgan fingerprint density at radius 2 is 1.94 bits per heavy atom. The Bertz CT molecular complexity index is 737. The average molecular weight is 437 g/mol. The number of rotatable bonds is 8. The van der Waals surface area contributed by atoms with Gasteiger partial charge in [0.1, 0.15) is 17.7 Å². The fourth-order valence-corrected chi connectivity index (χ4v) is 2.94. The zero-order valence-corrected chi connectivity index (χ0v) is 18.2. The molecule has 2 atom stereocenters. The molecule has 0 unspecified atom stereocenters. The fraction of sp³-hybridized carbons (Fsp3) is 0.571. The number of alkyl carbamates (subject to hydrolysis) is 1. The van der Waals surface area contributed by atoms with Crippen LogP contribution in [0.25, 0.3) is 0 Å². The summed E-state index contributed by atoms with van der Waals surface area (Å²) < 4.78 is 5.23. The van der Waals surface area contributed by atoms with Gasteiger partial charge >= 0.3 is 6.09 Å². The fourth-order valence-electron chi connectivity index (χ4n) is 2.94. The Morgan fingerprint density at radius 3 is 2.61 bits per heavy atom. The summed E-state index contributed by atoms with van der Waals surface area (Å²) in [6, 6.07) is 7.51. The Kier molecular flexibility index (Phi) is 9.22. The Morgan fingerprint density at radius 1 is 1.23 bits per heavy atom. The lowest BCUT2D eigenvalue weighted by molar-refractivity contribution is -0.167. The summed E-state index contributed by atoms with van der Waals surface area (Å²) in [5.74, 6) is -1.16. The molecule has 1 aliphatic rings. The van der Waals surface area contributed by atoms with Crippen molar-refractivity contribution in [1.29, 1.82) is 0 Å². The van der Waals surface area contributed by atoms with Crippen LogP contribution in [0.15, 0.2) is 30.3 Å². The lowest BCUT2D eigenvalue weighted by atomic mass is 10.1. The van der Waals surface area contributed by atoms with Crippen LogP contribution in [-0.4, -0.2) is 59.0 Å². The summed E-state index contributed by atoms with van der Waals surface area (Å²) in [5.41, 5.74) is 2.87. The highest BCUT2D eigenvalue weighted by Gasteiger charge is 2.31. The van der Waals surface area contributed by atoms with E-state index in [0.29, 0.717) is 24.3 Å². The predicted octanol–water partition coefficient (Wildman–Crippen LogP) is 1.49. The Labute approximate surface area is 182 Å². The van der Waals surface area contributed by atoms with Gasteiger partial charge < -0.3 is 15.4 Å². The van der Waals surface area contributed by atoms with Gasteiger partial charge in [-0.3, -0.25) is 19.6 Å². The quantitative estimate of drug-likeness (QED) is 0.276. The van der Waals surface area contributed by atoms with Crippen LogP contribution in [0.3, 0.4) is 0 Å². The van der Waals surface area contributed by atoms with Crippen molar-refractivity contribution < 1.29 is 29.2 Å². The molecule has 0 aliphatic carbocycles. The number of amides is 3. The minimum absolute atomic E-state index is 0.0539. The highest BCUT2D eigenvalue weighted by atomic mass is 16.6. The first-order chi connectivity index (χ1) is 14.7. The summed E-state index contributed by atoms with van der Waals surface area (Å²) in [5, 5.41) is 15.5. The minimum Gasteiger partial charge on any atom is -0.444 e. The van der Waals surface area contributed by atoms with Crippen LogP contribution in [0.4, 0.5) is 4.79 Å². The van der Waals surface area contributed by atoms with E-state index < -0.39 is 35.6 Å². The van der Waals surface area contributed by atoms with Gasteiger partial charge in [-0.05, 0) is 45.6 Å². The third kappa shape index (κ3) is 8.91. The second-order valence-corrected chi connectivity index (χ2v) is 8.34. The molecule has 0 spiro atoms. The zero-order valence-electron chi connectivity index (χ0n) is 18.2. The van der Waals surface area contributed by atoms with E-state index in [9.17, 15) is 19.6 Å². The molecular formula is C21H32N4O6. The van der Waals surface area contributed by atoms with Crippen molar-refractivity contribution in [2.75, 3.05) is 13.1 Å². The largest absolute Gasteiger partial charge is 0.444 e. The first-order valence-corrected chi connectivity index (χ1v) is 10.3. The molecule has 1 aromatic rings. The minimum atomic E-state index is -1.06. The van der Waals surface area contributed by atoms with Gasteiger partial charge in [0, 0.05) is 6.54 Å². The topological polar surface area (TPSA) is 129 Å². The van der Waals surface area contributed by atoms with Gasteiger partial charge in [0.15, 0.2) is 0 Å². The lowest BCUT2D eigenvalue weighted by Gasteiger charge is -2.25. The molecule has 1 fully saturated rings. The van der Waals surface area contributed by atoms with E-state index in [1.165, 1.54) is 0 Å². The van der Waals surface area contributed by atoms with Crippen molar-refractivity contribution in [3.05, 3.63) is 35.9 Å². The first kappa shape index (κ1) is 24.6. The van der Waals surface area contributed by atoms with Crippen molar-refractivity contribution in [3.8, 4) is 0 Å². The van der Waals surface area contributed by atoms with E-state index in [4.69, 9.17) is 9.57 Å². The van der Waals surface area contributed by atoms with Crippen LogP contribution in [0.5, 0.6) is 0 Å². The number of hydrogen-bond donors (Lipinski definition) is 4. The molecule has 2 rings (SSSR count). The van der Waals surface area contributed by atoms with Crippen LogP contribution in [0.2, 0.25) is 0 Å². The molecule has 1 saturated heterocycles. The van der Waals surface area contributed by atoms with Crippen LogP contribution in [-0.2, 0) is 25.8 Å². The van der Waals surface area contributed by atoms with E-state index in [1.807, 2.05) is 30.3 Å². The lowest BCUT2D eigenvalue weighted by Crippen LogP contribution is -2.56. The van der Waals surface area contributed by atoms with E-state index in [-0.39, 0.29) is 19.7 Å². The van der Waals surface area contributed by atoms with Crippen molar-refractivity contribution in [2.45, 2.75) is 64.3 Å². The number of carbonyl (C=O) groups is 3. The number of nitrogens with one attached hydrogen (secondary N) is 3. The van der Waals surface area contributed by atoms with Gasteiger partial charge in [-0.1, -0.05) is 30.3 Å². The second-order valence-electron chi connectivity index (χ2n) is 8.34. The molecule has 1 aliphatic heterocycles. The number of ether oxygens (including phenoxy) is 1. The van der Waals surface area contributed by atoms with E-state index in [2.05, 4.69) is 16.1 Å². The summed E-state index contributed by atoms with van der Waals surface area (Å²) in [6.07, 6.45) is 0.950. The standard InChI is InChI=1S/C21H32N4O6/c1-21(2,3)31-20(28)24-17(13-22-30-14-15-9-5-4-6-10-15)18(26)23-16-11-7-8-12-25(29)19(16)27/h4-6,9-10,16-17,22,29H,7-8,11-14H2,1-3H3,(H,23,26)(H,24,28)/t16-,17+/m0/s1. The SMILES string of the molecule is CC(C)(C)OC(=O)N[C@H](CNOCc1ccccc1)C(=O)N[C@H]1CCCCN(O)C1=O. The normalized spacial score (nSPS) is 18.1. The van der Waals surface area contributed by atoms with Crippen LogP contribution in [0.1, 0.15) is 45.6 Å². The van der Waals surface area contributed by atoms with E-state index in [1.54, 1.807) is 20.8 Å². The third-order valence-corrected chi connectivity index (χ3v) is 4.46. The van der Waals surface area contributed by atoms with Crippen molar-refractivity contribution >= 4 is 17.9 Å². The van der Waals surface area contributed by atoms with Crippen LogP contribution >= 0.6 is 0 Å². The summed E-state index contributed by atoms with van der Waals surface area (Å²) >= 11 is 0. The van der Waals surface area contributed by atoms with Gasteiger partial charge in [0.25, 0.3) is 5.91 Å².